The molecule has 1 aliphatic heterocycles. The van der Waals surface area contributed by atoms with Crippen LogP contribution in [-0.4, -0.2) is 70.0 Å². The Morgan fingerprint density at radius 2 is 1.88 bits per heavy atom. The maximum Gasteiger partial charge on any atom is 0.336 e. The molecule has 2 aromatic rings. The van der Waals surface area contributed by atoms with Gasteiger partial charge in [0.1, 0.15) is 24.4 Å². The number of ether oxygens (including phenoxy) is 3. The summed E-state index contributed by atoms with van der Waals surface area (Å²) in [4.78, 5) is 11.5. The SMILES string of the molecule is COc1cc2ccc(=O)oc2c(O[C@@H]2O[C@@H](CO)[C@@H](O)[C@@H](O)[C@@H]2O)c1O. The molecule has 1 fully saturated rings. The van der Waals surface area contributed by atoms with Crippen LogP contribution in [0.2, 0.25) is 0 Å². The summed E-state index contributed by atoms with van der Waals surface area (Å²) >= 11 is 0. The van der Waals surface area contributed by atoms with E-state index < -0.39 is 48.7 Å². The van der Waals surface area contributed by atoms with E-state index in [0.717, 1.165) is 6.07 Å². The molecule has 0 unspecified atom stereocenters. The first-order valence-electron chi connectivity index (χ1n) is 7.68. The van der Waals surface area contributed by atoms with Gasteiger partial charge in [0, 0.05) is 11.5 Å². The molecule has 3 rings (SSSR count). The number of benzene rings is 1. The minimum atomic E-state index is -1.70. The lowest BCUT2D eigenvalue weighted by atomic mass is 9.99. The molecule has 142 valence electrons. The average molecular weight is 370 g/mol. The molecule has 2 heterocycles. The van der Waals surface area contributed by atoms with Gasteiger partial charge < -0.3 is 44.2 Å². The summed E-state index contributed by atoms with van der Waals surface area (Å²) in [6.45, 7) is -0.648. The molecular weight excluding hydrogens is 352 g/mol. The first-order valence-corrected chi connectivity index (χ1v) is 7.68. The highest BCUT2D eigenvalue weighted by Gasteiger charge is 2.45. The van der Waals surface area contributed by atoms with E-state index in [1.807, 2.05) is 0 Å². The van der Waals surface area contributed by atoms with Gasteiger partial charge in [-0.25, -0.2) is 4.79 Å². The van der Waals surface area contributed by atoms with E-state index in [1.54, 1.807) is 0 Å². The Balaban J connectivity index is 2.06. The van der Waals surface area contributed by atoms with Gasteiger partial charge in [0.2, 0.25) is 17.8 Å². The molecule has 5 N–H and O–H groups in total. The molecule has 0 spiro atoms. The number of hydrogen-bond acceptors (Lipinski definition) is 10. The molecule has 10 nitrogen and oxygen atoms in total. The lowest BCUT2D eigenvalue weighted by Crippen LogP contribution is -2.60. The van der Waals surface area contributed by atoms with Gasteiger partial charge in [0.25, 0.3) is 0 Å². The van der Waals surface area contributed by atoms with Crippen molar-refractivity contribution in [1.29, 1.82) is 0 Å². The van der Waals surface area contributed by atoms with Crippen LogP contribution in [0.15, 0.2) is 27.4 Å². The van der Waals surface area contributed by atoms with Crippen LogP contribution in [0.4, 0.5) is 0 Å². The van der Waals surface area contributed by atoms with E-state index in [2.05, 4.69) is 0 Å². The van der Waals surface area contributed by atoms with Gasteiger partial charge in [0.05, 0.1) is 13.7 Å². The zero-order valence-corrected chi connectivity index (χ0v) is 13.6. The fourth-order valence-electron chi connectivity index (χ4n) is 2.69. The van der Waals surface area contributed by atoms with Gasteiger partial charge in [-0.2, -0.15) is 0 Å². The number of rotatable bonds is 4. The van der Waals surface area contributed by atoms with Gasteiger partial charge >= 0.3 is 5.63 Å². The molecule has 1 aromatic carbocycles. The second-order valence-corrected chi connectivity index (χ2v) is 5.74. The zero-order chi connectivity index (χ0) is 19.0. The van der Waals surface area contributed by atoms with Crippen molar-refractivity contribution >= 4 is 11.0 Å². The summed E-state index contributed by atoms with van der Waals surface area (Å²) in [5.74, 6) is -0.876. The van der Waals surface area contributed by atoms with Crippen molar-refractivity contribution in [2.24, 2.45) is 0 Å². The number of aromatic hydroxyl groups is 1. The standard InChI is InChI=1S/C16H18O10/c1-23-7-4-6-2-3-9(18)25-14(6)15(11(7)20)26-16-13(22)12(21)10(19)8(5-17)24-16/h2-4,8,10,12-13,16-17,19-22H,5H2,1H3/t8-,10+,12+,13-,16-/m0/s1. The predicted octanol–water partition coefficient (Wildman–Crippen LogP) is -1.31. The molecule has 0 aliphatic carbocycles. The molecule has 0 saturated carbocycles. The number of phenols is 1. The molecule has 0 bridgehead atoms. The third kappa shape index (κ3) is 3.08. The van der Waals surface area contributed by atoms with Gasteiger partial charge in [-0.05, 0) is 12.1 Å². The highest BCUT2D eigenvalue weighted by atomic mass is 16.7. The monoisotopic (exact) mass is 370 g/mol. The van der Waals surface area contributed by atoms with E-state index in [-0.39, 0.29) is 17.1 Å². The van der Waals surface area contributed by atoms with Crippen LogP contribution < -0.4 is 15.1 Å². The van der Waals surface area contributed by atoms with Crippen LogP contribution in [0.25, 0.3) is 11.0 Å². The minimum absolute atomic E-state index is 0.00550. The molecule has 5 atom stereocenters. The van der Waals surface area contributed by atoms with Crippen molar-refractivity contribution in [3.8, 4) is 17.2 Å². The van der Waals surface area contributed by atoms with Gasteiger partial charge in [-0.3, -0.25) is 0 Å². The Bertz CT molecular complexity index is 845. The van der Waals surface area contributed by atoms with Gasteiger partial charge in [0.15, 0.2) is 11.3 Å². The van der Waals surface area contributed by atoms with E-state index >= 15 is 0 Å². The van der Waals surface area contributed by atoms with Crippen LogP contribution in [0, 0.1) is 0 Å². The Morgan fingerprint density at radius 3 is 2.54 bits per heavy atom. The average Bonchev–Trinajstić information content (AvgIpc) is 2.64. The molecular formula is C16H18O10. The van der Waals surface area contributed by atoms with Crippen molar-refractivity contribution < 1.29 is 44.2 Å². The summed E-state index contributed by atoms with van der Waals surface area (Å²) in [6, 6.07) is 3.99. The largest absolute Gasteiger partial charge is 0.502 e. The maximum absolute atomic E-state index is 11.5. The van der Waals surface area contributed by atoms with Crippen molar-refractivity contribution in [2.45, 2.75) is 30.7 Å². The lowest BCUT2D eigenvalue weighted by Gasteiger charge is -2.39. The molecule has 1 aromatic heterocycles. The molecule has 26 heavy (non-hydrogen) atoms. The number of aliphatic hydroxyl groups is 4. The Kier molecular flexibility index (Phi) is 5.03. The summed E-state index contributed by atoms with van der Waals surface area (Å²) < 4.78 is 20.8. The number of fused-ring (bicyclic) bond motifs is 1. The van der Waals surface area contributed by atoms with Gasteiger partial charge in [-0.15, -0.1) is 0 Å². The Hall–Kier alpha value is -2.37. The van der Waals surface area contributed by atoms with Gasteiger partial charge in [-0.1, -0.05) is 0 Å². The van der Waals surface area contributed by atoms with E-state index in [9.17, 15) is 30.3 Å². The van der Waals surface area contributed by atoms with Crippen LogP contribution in [-0.2, 0) is 4.74 Å². The second kappa shape index (κ2) is 7.09. The predicted molar refractivity (Wildman–Crippen MR) is 85.1 cm³/mol. The first kappa shape index (κ1) is 18.4. The number of methoxy groups -OCH3 is 1. The zero-order valence-electron chi connectivity index (χ0n) is 13.6. The quantitative estimate of drug-likeness (QED) is 0.409. The van der Waals surface area contributed by atoms with Crippen molar-refractivity contribution in [1.82, 2.24) is 0 Å². The molecule has 0 amide bonds. The summed E-state index contributed by atoms with van der Waals surface area (Å²) in [5.41, 5.74) is -0.839. The number of aliphatic hydroxyl groups excluding tert-OH is 4. The maximum atomic E-state index is 11.5. The highest BCUT2D eigenvalue weighted by molar-refractivity contribution is 5.87. The summed E-state index contributed by atoms with van der Waals surface area (Å²) in [7, 11) is 1.30. The Labute approximate surface area is 146 Å². The number of phenolic OH excluding ortho intramolecular Hbond substituents is 1. The second-order valence-electron chi connectivity index (χ2n) is 5.74. The van der Waals surface area contributed by atoms with Crippen LogP contribution in [0.5, 0.6) is 17.2 Å². The highest BCUT2D eigenvalue weighted by Crippen LogP contribution is 2.43. The molecule has 10 heteroatoms. The Morgan fingerprint density at radius 1 is 1.15 bits per heavy atom. The molecule has 1 aliphatic rings. The summed E-state index contributed by atoms with van der Waals surface area (Å²) in [5, 5.41) is 49.6. The van der Waals surface area contributed by atoms with Crippen molar-refractivity contribution in [3.05, 3.63) is 28.6 Å². The van der Waals surface area contributed by atoms with Crippen LogP contribution in [0.3, 0.4) is 0 Å². The van der Waals surface area contributed by atoms with Crippen molar-refractivity contribution in [3.63, 3.8) is 0 Å². The van der Waals surface area contributed by atoms with E-state index in [1.165, 1.54) is 19.2 Å². The fraction of sp³-hybridized carbons (Fsp3) is 0.438. The van der Waals surface area contributed by atoms with Crippen molar-refractivity contribution in [2.75, 3.05) is 13.7 Å². The lowest BCUT2D eigenvalue weighted by molar-refractivity contribution is -0.277. The third-order valence-corrected chi connectivity index (χ3v) is 4.11. The van der Waals surface area contributed by atoms with E-state index in [4.69, 9.17) is 18.6 Å². The van der Waals surface area contributed by atoms with Crippen LogP contribution in [0.1, 0.15) is 0 Å². The minimum Gasteiger partial charge on any atom is -0.502 e. The number of hydrogen-bond donors (Lipinski definition) is 5. The van der Waals surface area contributed by atoms with E-state index in [0.29, 0.717) is 5.39 Å². The molecule has 0 radical (unpaired) electrons. The third-order valence-electron chi connectivity index (χ3n) is 4.11. The topological polar surface area (TPSA) is 159 Å². The van der Waals surface area contributed by atoms with Crippen LogP contribution >= 0.6 is 0 Å². The first-order chi connectivity index (χ1) is 12.4. The normalized spacial score (nSPS) is 28.9. The fourth-order valence-corrected chi connectivity index (χ4v) is 2.69. The summed E-state index contributed by atoms with van der Waals surface area (Å²) in [6.07, 6.45) is -7.72. The smallest absolute Gasteiger partial charge is 0.336 e. The molecule has 1 saturated heterocycles.